The van der Waals surface area contributed by atoms with E-state index in [2.05, 4.69) is 11.6 Å². The maximum atomic E-state index is 12.3. The summed E-state index contributed by atoms with van der Waals surface area (Å²) in [6.07, 6.45) is 5.84. The Morgan fingerprint density at radius 2 is 2.05 bits per heavy atom. The van der Waals surface area contributed by atoms with Crippen LogP contribution in [0.1, 0.15) is 52.1 Å². The van der Waals surface area contributed by atoms with Gasteiger partial charge in [0.1, 0.15) is 0 Å². The standard InChI is InChI=1S/C14H27N3O2S/c1-4-6-7-8-12(3)16-20(18,19)14-9-13(10-15)17(5-2)11-14/h9,11-12,16H,4-8,10,15H2,1-3H3. The van der Waals surface area contributed by atoms with E-state index in [4.69, 9.17) is 5.73 Å². The van der Waals surface area contributed by atoms with Gasteiger partial charge < -0.3 is 10.3 Å². The molecule has 0 aliphatic heterocycles. The van der Waals surface area contributed by atoms with Gasteiger partial charge in [0.25, 0.3) is 0 Å². The quantitative estimate of drug-likeness (QED) is 0.687. The van der Waals surface area contributed by atoms with E-state index in [0.717, 1.165) is 31.4 Å². The maximum absolute atomic E-state index is 12.3. The van der Waals surface area contributed by atoms with Crippen LogP contribution in [0.4, 0.5) is 0 Å². The van der Waals surface area contributed by atoms with Gasteiger partial charge in [0.2, 0.25) is 10.0 Å². The van der Waals surface area contributed by atoms with Gasteiger partial charge in [-0.05, 0) is 26.3 Å². The van der Waals surface area contributed by atoms with Crippen LogP contribution in [0.3, 0.4) is 0 Å². The van der Waals surface area contributed by atoms with E-state index in [1.54, 1.807) is 12.3 Å². The maximum Gasteiger partial charge on any atom is 0.242 e. The number of hydrogen-bond donors (Lipinski definition) is 2. The highest BCUT2D eigenvalue weighted by atomic mass is 32.2. The van der Waals surface area contributed by atoms with Crippen LogP contribution >= 0.6 is 0 Å². The summed E-state index contributed by atoms with van der Waals surface area (Å²) in [5.74, 6) is 0. The van der Waals surface area contributed by atoms with Crippen molar-refractivity contribution in [3.8, 4) is 0 Å². The number of hydrogen-bond acceptors (Lipinski definition) is 3. The molecule has 1 aromatic rings. The minimum atomic E-state index is -3.44. The highest BCUT2D eigenvalue weighted by Gasteiger charge is 2.19. The van der Waals surface area contributed by atoms with Gasteiger partial charge in [0.05, 0.1) is 4.90 Å². The fourth-order valence-corrected chi connectivity index (χ4v) is 3.57. The second kappa shape index (κ2) is 7.81. The van der Waals surface area contributed by atoms with E-state index < -0.39 is 10.0 Å². The molecule has 6 heteroatoms. The fourth-order valence-electron chi connectivity index (χ4n) is 2.23. The van der Waals surface area contributed by atoms with Crippen molar-refractivity contribution < 1.29 is 8.42 Å². The molecule has 0 aliphatic carbocycles. The lowest BCUT2D eigenvalue weighted by molar-refractivity contribution is 0.527. The van der Waals surface area contributed by atoms with Crippen LogP contribution in [0, 0.1) is 0 Å². The summed E-state index contributed by atoms with van der Waals surface area (Å²) < 4.78 is 29.2. The zero-order chi connectivity index (χ0) is 15.2. The second-order valence-electron chi connectivity index (χ2n) is 5.18. The summed E-state index contributed by atoms with van der Waals surface area (Å²) in [5.41, 5.74) is 6.47. The fraction of sp³-hybridized carbons (Fsp3) is 0.714. The van der Waals surface area contributed by atoms with Crippen LogP contribution in [0.25, 0.3) is 0 Å². The van der Waals surface area contributed by atoms with Crippen molar-refractivity contribution >= 4 is 10.0 Å². The molecule has 0 saturated carbocycles. The first-order chi connectivity index (χ1) is 9.44. The van der Waals surface area contributed by atoms with Gasteiger partial charge in [0, 0.05) is 31.0 Å². The van der Waals surface area contributed by atoms with Gasteiger partial charge >= 0.3 is 0 Å². The van der Waals surface area contributed by atoms with Gasteiger partial charge in [-0.1, -0.05) is 26.2 Å². The summed E-state index contributed by atoms with van der Waals surface area (Å²) in [7, 11) is -3.44. The van der Waals surface area contributed by atoms with Crippen molar-refractivity contribution in [2.75, 3.05) is 0 Å². The molecule has 0 radical (unpaired) electrons. The Labute approximate surface area is 122 Å². The van der Waals surface area contributed by atoms with Crippen molar-refractivity contribution in [2.45, 2.75) is 70.5 Å². The lowest BCUT2D eigenvalue weighted by atomic mass is 10.1. The molecule has 1 rings (SSSR count). The number of rotatable bonds is 9. The van der Waals surface area contributed by atoms with E-state index in [1.807, 2.05) is 18.4 Å². The molecule has 1 aromatic heterocycles. The molecular formula is C14H27N3O2S. The van der Waals surface area contributed by atoms with Crippen molar-refractivity contribution in [1.29, 1.82) is 0 Å². The molecular weight excluding hydrogens is 274 g/mol. The lowest BCUT2D eigenvalue weighted by Gasteiger charge is -2.13. The number of nitrogens with two attached hydrogens (primary N) is 1. The minimum Gasteiger partial charge on any atom is -0.349 e. The van der Waals surface area contributed by atoms with Gasteiger partial charge in [-0.15, -0.1) is 0 Å². The van der Waals surface area contributed by atoms with Crippen molar-refractivity contribution in [1.82, 2.24) is 9.29 Å². The molecule has 0 aromatic carbocycles. The first kappa shape index (κ1) is 17.2. The molecule has 20 heavy (non-hydrogen) atoms. The number of aryl methyl sites for hydroxylation is 1. The van der Waals surface area contributed by atoms with Crippen LogP contribution < -0.4 is 10.5 Å². The third-order valence-corrected chi connectivity index (χ3v) is 4.97. The summed E-state index contributed by atoms with van der Waals surface area (Å²) in [6.45, 7) is 7.07. The summed E-state index contributed by atoms with van der Waals surface area (Å²) in [4.78, 5) is 0.308. The molecule has 0 aliphatic rings. The van der Waals surface area contributed by atoms with Crippen LogP contribution in [0.15, 0.2) is 17.2 Å². The normalized spacial score (nSPS) is 13.6. The van der Waals surface area contributed by atoms with Crippen molar-refractivity contribution in [2.24, 2.45) is 5.73 Å². The highest BCUT2D eigenvalue weighted by Crippen LogP contribution is 2.15. The van der Waals surface area contributed by atoms with Crippen molar-refractivity contribution in [3.05, 3.63) is 18.0 Å². The number of sulfonamides is 1. The first-order valence-corrected chi connectivity index (χ1v) is 8.84. The molecule has 5 nitrogen and oxygen atoms in total. The minimum absolute atomic E-state index is 0.0437. The van der Waals surface area contributed by atoms with Crippen LogP contribution in [-0.2, 0) is 23.1 Å². The molecule has 0 saturated heterocycles. The predicted molar refractivity (Wildman–Crippen MR) is 81.9 cm³/mol. The largest absolute Gasteiger partial charge is 0.349 e. The summed E-state index contributed by atoms with van der Waals surface area (Å²) in [6, 6.07) is 1.61. The lowest BCUT2D eigenvalue weighted by Crippen LogP contribution is -2.32. The van der Waals surface area contributed by atoms with E-state index >= 15 is 0 Å². The third-order valence-electron chi connectivity index (χ3n) is 3.42. The Bertz CT molecular complexity index is 487. The molecule has 1 atom stereocenters. The van der Waals surface area contributed by atoms with E-state index in [1.165, 1.54) is 0 Å². The molecule has 0 fully saturated rings. The van der Waals surface area contributed by atoms with E-state index in [9.17, 15) is 8.42 Å². The summed E-state index contributed by atoms with van der Waals surface area (Å²) in [5, 5.41) is 0. The molecule has 0 bridgehead atoms. The first-order valence-electron chi connectivity index (χ1n) is 7.36. The van der Waals surface area contributed by atoms with Crippen LogP contribution in [-0.4, -0.2) is 19.0 Å². The topological polar surface area (TPSA) is 77.1 Å². The smallest absolute Gasteiger partial charge is 0.242 e. The Kier molecular flexibility index (Phi) is 6.71. The third kappa shape index (κ3) is 4.61. The van der Waals surface area contributed by atoms with Gasteiger partial charge in [-0.3, -0.25) is 0 Å². The van der Waals surface area contributed by atoms with Crippen LogP contribution in [0.5, 0.6) is 0 Å². The SMILES string of the molecule is CCCCCC(C)NS(=O)(=O)c1cc(CN)n(CC)c1. The number of unbranched alkanes of at least 4 members (excludes halogenated alkanes) is 2. The Hall–Kier alpha value is -0.850. The molecule has 1 heterocycles. The Balaban J connectivity index is 2.75. The van der Waals surface area contributed by atoms with Gasteiger partial charge in [0.15, 0.2) is 0 Å². The monoisotopic (exact) mass is 301 g/mol. The molecule has 3 N–H and O–H groups in total. The second-order valence-corrected chi connectivity index (χ2v) is 6.89. The van der Waals surface area contributed by atoms with E-state index in [0.29, 0.717) is 18.0 Å². The Morgan fingerprint density at radius 1 is 1.35 bits per heavy atom. The van der Waals surface area contributed by atoms with Crippen LogP contribution in [0.2, 0.25) is 0 Å². The molecule has 0 amide bonds. The molecule has 116 valence electrons. The molecule has 0 spiro atoms. The predicted octanol–water partition coefficient (Wildman–Crippen LogP) is 2.21. The van der Waals surface area contributed by atoms with E-state index in [-0.39, 0.29) is 6.04 Å². The van der Waals surface area contributed by atoms with Gasteiger partial charge in [-0.2, -0.15) is 0 Å². The zero-order valence-corrected chi connectivity index (χ0v) is 13.5. The average molecular weight is 301 g/mol. The summed E-state index contributed by atoms with van der Waals surface area (Å²) >= 11 is 0. The molecule has 1 unspecified atom stereocenters. The van der Waals surface area contributed by atoms with Crippen molar-refractivity contribution in [3.63, 3.8) is 0 Å². The average Bonchev–Trinajstić information content (AvgIpc) is 2.82. The number of nitrogens with zero attached hydrogens (tertiary/aromatic N) is 1. The Morgan fingerprint density at radius 3 is 2.55 bits per heavy atom. The van der Waals surface area contributed by atoms with Gasteiger partial charge in [-0.25, -0.2) is 13.1 Å². The number of nitrogens with one attached hydrogen (secondary N) is 1. The number of aromatic nitrogens is 1. The highest BCUT2D eigenvalue weighted by molar-refractivity contribution is 7.89. The zero-order valence-electron chi connectivity index (χ0n) is 12.7.